The van der Waals surface area contributed by atoms with Crippen molar-refractivity contribution in [3.63, 3.8) is 0 Å². The molecule has 0 fully saturated rings. The van der Waals surface area contributed by atoms with Crippen LogP contribution in [0.25, 0.3) is 0 Å². The molecule has 2 N–H and O–H groups in total. The lowest BCUT2D eigenvalue weighted by Crippen LogP contribution is -2.47. The maximum atomic E-state index is 12.6. The van der Waals surface area contributed by atoms with E-state index in [9.17, 15) is 4.79 Å². The van der Waals surface area contributed by atoms with E-state index in [1.807, 2.05) is 20.9 Å². The molecule has 0 aromatic carbocycles. The zero-order valence-corrected chi connectivity index (χ0v) is 13.4. The number of hydrogen-bond donors (Lipinski definition) is 1. The maximum Gasteiger partial charge on any atom is 0.229 e. The third kappa shape index (κ3) is 5.91. The van der Waals surface area contributed by atoms with Crippen molar-refractivity contribution in [2.24, 2.45) is 11.1 Å². The first-order valence-electron chi connectivity index (χ1n) is 7.50. The highest BCUT2D eigenvalue weighted by atomic mass is 16.5. The topological polar surface area (TPSA) is 55.6 Å². The fraction of sp³-hybridized carbons (Fsp3) is 0.933. The second-order valence-corrected chi connectivity index (χ2v) is 5.63. The number of carbonyl (C=O) groups is 1. The van der Waals surface area contributed by atoms with Gasteiger partial charge in [-0.2, -0.15) is 0 Å². The van der Waals surface area contributed by atoms with Crippen molar-refractivity contribution < 1.29 is 9.53 Å². The highest BCUT2D eigenvalue weighted by Crippen LogP contribution is 2.30. The molecule has 0 saturated heterocycles. The molecule has 19 heavy (non-hydrogen) atoms. The Balaban J connectivity index is 4.59. The predicted molar refractivity (Wildman–Crippen MR) is 80.0 cm³/mol. The molecule has 0 spiro atoms. The number of ether oxygens (including phenoxy) is 1. The van der Waals surface area contributed by atoms with Crippen molar-refractivity contribution >= 4 is 5.91 Å². The molecule has 0 saturated carbocycles. The van der Waals surface area contributed by atoms with Gasteiger partial charge < -0.3 is 15.4 Å². The Hall–Kier alpha value is -0.610. The predicted octanol–water partition coefficient (Wildman–Crippen LogP) is 2.42. The van der Waals surface area contributed by atoms with Crippen molar-refractivity contribution in [3.8, 4) is 0 Å². The molecule has 0 rings (SSSR count). The summed E-state index contributed by atoms with van der Waals surface area (Å²) >= 11 is 0. The molecule has 0 aromatic rings. The van der Waals surface area contributed by atoms with Crippen molar-refractivity contribution in [3.05, 3.63) is 0 Å². The molecule has 1 amide bonds. The van der Waals surface area contributed by atoms with Crippen LogP contribution < -0.4 is 5.73 Å². The quantitative estimate of drug-likeness (QED) is 0.664. The number of amides is 1. The van der Waals surface area contributed by atoms with Crippen LogP contribution in [0.15, 0.2) is 0 Å². The normalized spacial score (nSPS) is 11.9. The van der Waals surface area contributed by atoms with Gasteiger partial charge in [0.1, 0.15) is 0 Å². The Labute approximate surface area is 118 Å². The van der Waals surface area contributed by atoms with Gasteiger partial charge in [-0.1, -0.05) is 26.7 Å². The van der Waals surface area contributed by atoms with Crippen LogP contribution in [0.2, 0.25) is 0 Å². The van der Waals surface area contributed by atoms with Crippen molar-refractivity contribution in [1.82, 2.24) is 4.90 Å². The van der Waals surface area contributed by atoms with Gasteiger partial charge in [0, 0.05) is 20.1 Å². The molecule has 0 aliphatic heterocycles. The molecule has 0 heterocycles. The molecule has 4 heteroatoms. The van der Waals surface area contributed by atoms with Gasteiger partial charge in [0.15, 0.2) is 0 Å². The fourth-order valence-electron chi connectivity index (χ4n) is 2.52. The second kappa shape index (κ2) is 9.32. The van der Waals surface area contributed by atoms with Crippen LogP contribution in [0.1, 0.15) is 53.4 Å². The van der Waals surface area contributed by atoms with Gasteiger partial charge in [-0.15, -0.1) is 0 Å². The van der Waals surface area contributed by atoms with Gasteiger partial charge >= 0.3 is 0 Å². The van der Waals surface area contributed by atoms with Crippen LogP contribution in [-0.4, -0.2) is 43.7 Å². The third-order valence-corrected chi connectivity index (χ3v) is 3.53. The summed E-state index contributed by atoms with van der Waals surface area (Å²) in [6.45, 7) is 9.86. The summed E-state index contributed by atoms with van der Waals surface area (Å²) in [5, 5.41) is 0. The van der Waals surface area contributed by atoms with Crippen LogP contribution >= 0.6 is 0 Å². The average Bonchev–Trinajstić information content (AvgIpc) is 2.36. The molecular formula is C15H32N2O2. The van der Waals surface area contributed by atoms with Crippen LogP contribution in [0, 0.1) is 5.41 Å². The smallest absolute Gasteiger partial charge is 0.229 e. The fourth-order valence-corrected chi connectivity index (χ4v) is 2.52. The molecule has 0 aliphatic carbocycles. The molecule has 4 nitrogen and oxygen atoms in total. The van der Waals surface area contributed by atoms with Crippen LogP contribution in [0.4, 0.5) is 0 Å². The number of rotatable bonds is 10. The second-order valence-electron chi connectivity index (χ2n) is 5.63. The summed E-state index contributed by atoms with van der Waals surface area (Å²) < 4.78 is 5.50. The van der Waals surface area contributed by atoms with Gasteiger partial charge in [0.25, 0.3) is 0 Å². The lowest BCUT2D eigenvalue weighted by atomic mass is 9.78. The summed E-state index contributed by atoms with van der Waals surface area (Å²) in [5.41, 5.74) is 5.54. The molecular weight excluding hydrogens is 240 g/mol. The summed E-state index contributed by atoms with van der Waals surface area (Å²) in [6, 6.07) is 0. The minimum Gasteiger partial charge on any atom is -0.377 e. The zero-order valence-electron chi connectivity index (χ0n) is 13.4. The number of nitrogens with two attached hydrogens (primary N) is 1. The first-order chi connectivity index (χ1) is 8.93. The summed E-state index contributed by atoms with van der Waals surface area (Å²) in [5.74, 6) is 0.172. The summed E-state index contributed by atoms with van der Waals surface area (Å²) in [4.78, 5) is 14.4. The first-order valence-corrected chi connectivity index (χ1v) is 7.50. The van der Waals surface area contributed by atoms with Crippen molar-refractivity contribution in [1.29, 1.82) is 0 Å². The number of likely N-dealkylation sites (N-methyl/N-ethyl adjacent to an activating group) is 1. The van der Waals surface area contributed by atoms with E-state index >= 15 is 0 Å². The molecule has 0 unspecified atom stereocenters. The highest BCUT2D eigenvalue weighted by Gasteiger charge is 2.37. The minimum atomic E-state index is -0.379. The third-order valence-electron chi connectivity index (χ3n) is 3.53. The van der Waals surface area contributed by atoms with Gasteiger partial charge in [-0.25, -0.2) is 0 Å². The van der Waals surface area contributed by atoms with Gasteiger partial charge in [0.05, 0.1) is 18.1 Å². The average molecular weight is 272 g/mol. The lowest BCUT2D eigenvalue weighted by Gasteiger charge is -2.35. The highest BCUT2D eigenvalue weighted by molar-refractivity contribution is 5.82. The maximum absolute atomic E-state index is 12.6. The largest absolute Gasteiger partial charge is 0.377 e. The van der Waals surface area contributed by atoms with E-state index in [4.69, 9.17) is 10.5 Å². The number of hydrogen-bond acceptors (Lipinski definition) is 3. The monoisotopic (exact) mass is 272 g/mol. The SMILES string of the molecule is CCCC(CN)(CCC)C(=O)N(C)CCOC(C)C. The van der Waals surface area contributed by atoms with Crippen LogP contribution in [-0.2, 0) is 9.53 Å². The molecule has 0 aliphatic rings. The van der Waals surface area contributed by atoms with E-state index < -0.39 is 0 Å². The Kier molecular flexibility index (Phi) is 9.02. The standard InChI is InChI=1S/C15H32N2O2/c1-6-8-15(12-16,9-7-2)14(18)17(5)10-11-19-13(3)4/h13H,6-12,16H2,1-5H3. The van der Waals surface area contributed by atoms with E-state index in [0.717, 1.165) is 25.7 Å². The Morgan fingerprint density at radius 1 is 1.26 bits per heavy atom. The molecule has 114 valence electrons. The zero-order chi connectivity index (χ0) is 14.9. The molecule has 0 atom stereocenters. The first kappa shape index (κ1) is 18.4. The van der Waals surface area contributed by atoms with E-state index in [0.29, 0.717) is 19.7 Å². The minimum absolute atomic E-state index is 0.172. The molecule has 0 aromatic heterocycles. The van der Waals surface area contributed by atoms with Crippen LogP contribution in [0.3, 0.4) is 0 Å². The summed E-state index contributed by atoms with van der Waals surface area (Å²) in [7, 11) is 1.85. The lowest BCUT2D eigenvalue weighted by molar-refractivity contribution is -0.142. The Bertz CT molecular complexity index is 249. The summed E-state index contributed by atoms with van der Waals surface area (Å²) in [6.07, 6.45) is 3.91. The molecule has 0 radical (unpaired) electrons. The van der Waals surface area contributed by atoms with E-state index in [1.165, 1.54) is 0 Å². The van der Waals surface area contributed by atoms with Crippen LogP contribution in [0.5, 0.6) is 0 Å². The Morgan fingerprint density at radius 2 is 1.79 bits per heavy atom. The van der Waals surface area contributed by atoms with E-state index in [2.05, 4.69) is 13.8 Å². The number of nitrogens with zero attached hydrogens (tertiary/aromatic N) is 1. The van der Waals surface area contributed by atoms with Gasteiger partial charge in [-0.3, -0.25) is 4.79 Å². The van der Waals surface area contributed by atoms with Crippen molar-refractivity contribution in [2.75, 3.05) is 26.7 Å². The van der Waals surface area contributed by atoms with Crippen molar-refractivity contribution in [2.45, 2.75) is 59.5 Å². The Morgan fingerprint density at radius 3 is 2.16 bits per heavy atom. The van der Waals surface area contributed by atoms with E-state index in [1.54, 1.807) is 4.90 Å². The number of carbonyl (C=O) groups excluding carboxylic acids is 1. The van der Waals surface area contributed by atoms with Gasteiger partial charge in [0.2, 0.25) is 5.91 Å². The van der Waals surface area contributed by atoms with Gasteiger partial charge in [-0.05, 0) is 26.7 Å². The molecule has 0 bridgehead atoms. The van der Waals surface area contributed by atoms with E-state index in [-0.39, 0.29) is 17.4 Å².